The maximum atomic E-state index is 13.6. The van der Waals surface area contributed by atoms with Crippen LogP contribution in [0.2, 0.25) is 5.02 Å². The highest BCUT2D eigenvalue weighted by Crippen LogP contribution is 2.53. The first kappa shape index (κ1) is 19.9. The predicted molar refractivity (Wildman–Crippen MR) is 112 cm³/mol. The van der Waals surface area contributed by atoms with Crippen LogP contribution in [-0.2, 0) is 17.8 Å². The van der Waals surface area contributed by atoms with E-state index in [1.165, 1.54) is 20.3 Å². The molecule has 162 valence electrons. The number of H-pyrrole nitrogens is 1. The number of benzene rings is 1. The number of aromatic amines is 1. The normalized spacial score (nSPS) is 24.6. The molecular formula is C22H22ClN3O5. The maximum absolute atomic E-state index is 13.6. The van der Waals surface area contributed by atoms with Crippen LogP contribution in [0.15, 0.2) is 24.2 Å². The molecule has 2 atom stereocenters. The first-order valence-electron chi connectivity index (χ1n) is 10.1. The Bertz CT molecular complexity index is 1140. The van der Waals surface area contributed by atoms with Crippen LogP contribution in [0.4, 0.5) is 0 Å². The number of allylic oxidation sites excluding steroid dienone is 1. The second-order valence-corrected chi connectivity index (χ2v) is 8.45. The zero-order valence-corrected chi connectivity index (χ0v) is 18.2. The summed E-state index contributed by atoms with van der Waals surface area (Å²) in [5.74, 6) is -0.468. The lowest BCUT2D eigenvalue weighted by Gasteiger charge is -2.39. The van der Waals surface area contributed by atoms with Gasteiger partial charge in [-0.1, -0.05) is 18.5 Å². The largest absolute Gasteiger partial charge is 0.496 e. The lowest BCUT2D eigenvalue weighted by Crippen LogP contribution is -2.55. The molecule has 1 aromatic heterocycles. The van der Waals surface area contributed by atoms with Gasteiger partial charge in [-0.15, -0.1) is 0 Å². The van der Waals surface area contributed by atoms with Crippen LogP contribution in [0.25, 0.3) is 0 Å². The summed E-state index contributed by atoms with van der Waals surface area (Å²) in [7, 11) is 2.91. The Balaban J connectivity index is 1.52. The smallest absolute Gasteiger partial charge is 0.236 e. The van der Waals surface area contributed by atoms with Gasteiger partial charge in [-0.05, 0) is 6.42 Å². The van der Waals surface area contributed by atoms with Crippen molar-refractivity contribution in [3.63, 3.8) is 0 Å². The highest BCUT2D eigenvalue weighted by molar-refractivity contribution is 6.36. The number of nitrogens with one attached hydrogen (secondary N) is 1. The Morgan fingerprint density at radius 1 is 1.29 bits per heavy atom. The number of ketones is 2. The van der Waals surface area contributed by atoms with Crippen LogP contribution in [-0.4, -0.2) is 52.8 Å². The standard InChI is InChI=1S/C22H22ClN3O5/c1-11-6-12(26-5-4-13-14(9-26)25-10-24-13)7-17(27)22(11)21(28)18-15(29-2)8-16(30-3)19(23)20(18)31-22/h7-8,10-11H,4-6,9H2,1-3H3,(H,24,25)/t11-,22+/m1/s1. The highest BCUT2D eigenvalue weighted by atomic mass is 35.5. The number of nitrogens with zero attached hydrogens (tertiary/aromatic N) is 2. The summed E-state index contributed by atoms with van der Waals surface area (Å²) in [6, 6.07) is 1.54. The number of carbonyl (C=O) groups excluding carboxylic acids is 2. The zero-order chi connectivity index (χ0) is 21.9. The van der Waals surface area contributed by atoms with Gasteiger partial charge in [-0.3, -0.25) is 9.59 Å². The van der Waals surface area contributed by atoms with Crippen molar-refractivity contribution >= 4 is 23.2 Å². The van der Waals surface area contributed by atoms with Gasteiger partial charge in [-0.25, -0.2) is 4.98 Å². The van der Waals surface area contributed by atoms with E-state index in [4.69, 9.17) is 25.8 Å². The highest BCUT2D eigenvalue weighted by Gasteiger charge is 2.60. The minimum Gasteiger partial charge on any atom is -0.496 e. The SMILES string of the molecule is COc1cc(OC)c2c(c1Cl)O[C@@]1(C(=O)C=C(N3CCc4nc[nH]c4C3)C[C@H]1C)C2=O. The van der Waals surface area contributed by atoms with Crippen molar-refractivity contribution in [3.05, 3.63) is 46.1 Å². The van der Waals surface area contributed by atoms with E-state index in [1.54, 1.807) is 12.4 Å². The van der Waals surface area contributed by atoms with E-state index < -0.39 is 17.3 Å². The molecular weight excluding hydrogens is 422 g/mol. The van der Waals surface area contributed by atoms with Gasteiger partial charge in [0.15, 0.2) is 5.75 Å². The third-order valence-electron chi connectivity index (χ3n) is 6.47. The third-order valence-corrected chi connectivity index (χ3v) is 6.83. The monoisotopic (exact) mass is 443 g/mol. The van der Waals surface area contributed by atoms with Gasteiger partial charge < -0.3 is 24.1 Å². The van der Waals surface area contributed by atoms with Crippen molar-refractivity contribution < 1.29 is 23.8 Å². The Kier molecular flexibility index (Phi) is 4.51. The summed E-state index contributed by atoms with van der Waals surface area (Å²) in [4.78, 5) is 36.6. The van der Waals surface area contributed by atoms with Crippen molar-refractivity contribution in [1.82, 2.24) is 14.9 Å². The summed E-state index contributed by atoms with van der Waals surface area (Å²) in [5, 5.41) is 0.154. The van der Waals surface area contributed by atoms with Gasteiger partial charge in [0.2, 0.25) is 17.2 Å². The van der Waals surface area contributed by atoms with Gasteiger partial charge in [-0.2, -0.15) is 0 Å². The molecule has 0 fully saturated rings. The third kappa shape index (κ3) is 2.70. The van der Waals surface area contributed by atoms with E-state index in [2.05, 4.69) is 14.9 Å². The van der Waals surface area contributed by atoms with Crippen LogP contribution in [0.1, 0.15) is 35.1 Å². The van der Waals surface area contributed by atoms with Gasteiger partial charge >= 0.3 is 0 Å². The molecule has 8 nitrogen and oxygen atoms in total. The molecule has 3 aliphatic rings. The summed E-state index contributed by atoms with van der Waals surface area (Å²) >= 11 is 6.43. The second-order valence-electron chi connectivity index (χ2n) is 8.07. The molecule has 5 rings (SSSR count). The Hall–Kier alpha value is -3.00. The first-order valence-corrected chi connectivity index (χ1v) is 10.5. The lowest BCUT2D eigenvalue weighted by molar-refractivity contribution is -0.129. The van der Waals surface area contributed by atoms with Crippen molar-refractivity contribution in [3.8, 4) is 17.2 Å². The number of methoxy groups -OCH3 is 2. The maximum Gasteiger partial charge on any atom is 0.236 e. The number of imidazole rings is 1. The van der Waals surface area contributed by atoms with E-state index in [9.17, 15) is 9.59 Å². The van der Waals surface area contributed by atoms with Crippen LogP contribution in [0.3, 0.4) is 0 Å². The Morgan fingerprint density at radius 2 is 2.06 bits per heavy atom. The number of hydrogen-bond acceptors (Lipinski definition) is 7. The number of halogens is 1. The lowest BCUT2D eigenvalue weighted by atomic mass is 9.74. The molecule has 1 aliphatic carbocycles. The fraction of sp³-hybridized carbons (Fsp3) is 0.409. The summed E-state index contributed by atoms with van der Waals surface area (Å²) in [6.45, 7) is 3.28. The van der Waals surface area contributed by atoms with E-state index >= 15 is 0 Å². The molecule has 1 spiro atoms. The summed E-state index contributed by atoms with van der Waals surface area (Å²) in [5.41, 5.74) is 1.54. The minimum atomic E-state index is -1.65. The average molecular weight is 444 g/mol. The summed E-state index contributed by atoms with van der Waals surface area (Å²) < 4.78 is 16.8. The van der Waals surface area contributed by atoms with E-state index in [0.29, 0.717) is 18.7 Å². The number of fused-ring (bicyclic) bond motifs is 2. The quantitative estimate of drug-likeness (QED) is 0.729. The minimum absolute atomic E-state index is 0.139. The van der Waals surface area contributed by atoms with Gasteiger partial charge in [0, 0.05) is 36.7 Å². The molecule has 1 N–H and O–H groups in total. The summed E-state index contributed by atoms with van der Waals surface area (Å²) in [6.07, 6.45) is 4.56. The van der Waals surface area contributed by atoms with Crippen molar-refractivity contribution in [2.24, 2.45) is 5.92 Å². The molecule has 3 heterocycles. The average Bonchev–Trinajstić information content (AvgIpc) is 3.36. The molecule has 0 saturated carbocycles. The molecule has 0 amide bonds. The number of ether oxygens (including phenoxy) is 3. The van der Waals surface area contributed by atoms with Gasteiger partial charge in [0.05, 0.1) is 38.5 Å². The first-order chi connectivity index (χ1) is 14.9. The fourth-order valence-electron chi connectivity index (χ4n) is 4.78. The predicted octanol–water partition coefficient (Wildman–Crippen LogP) is 2.95. The van der Waals surface area contributed by atoms with Crippen molar-refractivity contribution in [1.29, 1.82) is 0 Å². The second kappa shape index (κ2) is 7.02. The molecule has 31 heavy (non-hydrogen) atoms. The van der Waals surface area contributed by atoms with Crippen LogP contribution in [0.5, 0.6) is 17.2 Å². The molecule has 0 saturated heterocycles. The Morgan fingerprint density at radius 3 is 2.77 bits per heavy atom. The van der Waals surface area contributed by atoms with Crippen molar-refractivity contribution in [2.45, 2.75) is 31.9 Å². The molecule has 9 heteroatoms. The molecule has 0 radical (unpaired) electrons. The number of Topliss-reactive ketones (excluding diaryl/α,β-unsaturated/α-hetero) is 1. The number of rotatable bonds is 3. The van der Waals surface area contributed by atoms with Gasteiger partial charge in [0.1, 0.15) is 22.1 Å². The van der Waals surface area contributed by atoms with E-state index in [-0.39, 0.29) is 27.9 Å². The van der Waals surface area contributed by atoms with Gasteiger partial charge in [0.25, 0.3) is 0 Å². The van der Waals surface area contributed by atoms with Crippen LogP contribution in [0, 0.1) is 5.92 Å². The number of aromatic nitrogens is 2. The van der Waals surface area contributed by atoms with Crippen LogP contribution < -0.4 is 14.2 Å². The fourth-order valence-corrected chi connectivity index (χ4v) is 5.05. The molecule has 0 unspecified atom stereocenters. The number of hydrogen-bond donors (Lipinski definition) is 1. The van der Waals surface area contributed by atoms with E-state index in [0.717, 1.165) is 30.1 Å². The zero-order valence-electron chi connectivity index (χ0n) is 17.5. The topological polar surface area (TPSA) is 93.8 Å². The molecule has 2 aliphatic heterocycles. The Labute approximate surface area is 184 Å². The molecule has 1 aromatic carbocycles. The van der Waals surface area contributed by atoms with Crippen LogP contribution >= 0.6 is 11.6 Å². The van der Waals surface area contributed by atoms with E-state index in [1.807, 2.05) is 6.92 Å². The molecule has 2 aromatic rings. The van der Waals surface area contributed by atoms with Crippen molar-refractivity contribution in [2.75, 3.05) is 20.8 Å². The molecule has 0 bridgehead atoms. The number of carbonyl (C=O) groups is 2.